The maximum atomic E-state index is 5.71. The molecule has 0 unspecified atom stereocenters. The van der Waals surface area contributed by atoms with E-state index in [-0.39, 0.29) is 0 Å². The molecule has 1 aromatic heterocycles. The van der Waals surface area contributed by atoms with Gasteiger partial charge in [0.05, 0.1) is 18.9 Å². The number of nitrogens with zero attached hydrogens (tertiary/aromatic N) is 1. The van der Waals surface area contributed by atoms with E-state index in [1.807, 2.05) is 37.4 Å². The Labute approximate surface area is 128 Å². The van der Waals surface area contributed by atoms with Crippen molar-refractivity contribution in [3.8, 4) is 11.5 Å². The van der Waals surface area contributed by atoms with Crippen LogP contribution in [0, 0.1) is 0 Å². The van der Waals surface area contributed by atoms with Crippen LogP contribution in [-0.2, 0) is 5.75 Å². The van der Waals surface area contributed by atoms with Gasteiger partial charge in [0, 0.05) is 24.1 Å². The molecule has 1 N–H and O–H groups in total. The van der Waals surface area contributed by atoms with Gasteiger partial charge in [0.2, 0.25) is 0 Å². The molecule has 1 aliphatic rings. The molecule has 0 aliphatic carbocycles. The Bertz CT molecular complexity index is 619. The molecule has 0 bridgehead atoms. The van der Waals surface area contributed by atoms with Crippen molar-refractivity contribution < 1.29 is 9.47 Å². The topological polar surface area (TPSA) is 43.4 Å². The number of benzene rings is 1. The summed E-state index contributed by atoms with van der Waals surface area (Å²) in [6.07, 6.45) is 0.928. The molecule has 0 amide bonds. The van der Waals surface area contributed by atoms with E-state index < -0.39 is 0 Å². The Hall–Kier alpha value is -1.88. The molecule has 110 valence electrons. The van der Waals surface area contributed by atoms with Crippen molar-refractivity contribution in [3.63, 3.8) is 0 Å². The lowest BCUT2D eigenvalue weighted by molar-refractivity contribution is 0.297. The van der Waals surface area contributed by atoms with Crippen molar-refractivity contribution in [2.75, 3.05) is 25.6 Å². The largest absolute Gasteiger partial charge is 0.490 e. The first-order chi connectivity index (χ1) is 10.3. The van der Waals surface area contributed by atoms with Crippen molar-refractivity contribution in [2.24, 2.45) is 0 Å². The fourth-order valence-electron chi connectivity index (χ4n) is 2.09. The molecule has 4 nitrogen and oxygen atoms in total. The van der Waals surface area contributed by atoms with Crippen molar-refractivity contribution in [1.29, 1.82) is 0 Å². The van der Waals surface area contributed by atoms with E-state index in [1.165, 1.54) is 0 Å². The van der Waals surface area contributed by atoms with Crippen molar-refractivity contribution in [1.82, 2.24) is 4.98 Å². The summed E-state index contributed by atoms with van der Waals surface area (Å²) < 4.78 is 11.4. The number of nitrogens with one attached hydrogen (secondary N) is 1. The summed E-state index contributed by atoms with van der Waals surface area (Å²) in [5, 5.41) is 3.06. The molecule has 0 fully saturated rings. The zero-order chi connectivity index (χ0) is 14.5. The number of rotatable bonds is 4. The molecular formula is C16H18N2O2S. The van der Waals surface area contributed by atoms with Gasteiger partial charge >= 0.3 is 0 Å². The average molecular weight is 302 g/mol. The maximum Gasteiger partial charge on any atom is 0.162 e. The average Bonchev–Trinajstić information content (AvgIpc) is 2.78. The van der Waals surface area contributed by atoms with Crippen LogP contribution in [0.25, 0.3) is 0 Å². The lowest BCUT2D eigenvalue weighted by Gasteiger charge is -2.09. The van der Waals surface area contributed by atoms with Crippen LogP contribution in [0.5, 0.6) is 11.5 Å². The van der Waals surface area contributed by atoms with Gasteiger partial charge in [-0.2, -0.15) is 0 Å². The van der Waals surface area contributed by atoms with E-state index in [0.29, 0.717) is 6.61 Å². The van der Waals surface area contributed by atoms with E-state index in [9.17, 15) is 0 Å². The molecule has 1 aliphatic heterocycles. The highest BCUT2D eigenvalue weighted by Gasteiger charge is 2.11. The predicted molar refractivity (Wildman–Crippen MR) is 85.4 cm³/mol. The second kappa shape index (κ2) is 6.72. The molecular weight excluding hydrogens is 284 g/mol. The lowest BCUT2D eigenvalue weighted by atomic mass is 10.3. The van der Waals surface area contributed by atoms with E-state index in [2.05, 4.69) is 16.4 Å². The molecule has 5 heteroatoms. The highest BCUT2D eigenvalue weighted by Crippen LogP contribution is 2.34. The standard InChI is InChI=1S/C16H18N2O2S/c1-17-16-5-2-4-12(18-16)11-21-13-6-7-14-15(10-13)20-9-3-8-19-14/h2,4-7,10H,3,8-9,11H2,1H3,(H,17,18). The number of fused-ring (bicyclic) bond motifs is 1. The van der Waals surface area contributed by atoms with E-state index in [0.717, 1.165) is 46.7 Å². The summed E-state index contributed by atoms with van der Waals surface area (Å²) in [5.74, 6) is 3.41. The van der Waals surface area contributed by atoms with Crippen LogP contribution < -0.4 is 14.8 Å². The van der Waals surface area contributed by atoms with Crippen molar-refractivity contribution in [3.05, 3.63) is 42.1 Å². The second-order valence-electron chi connectivity index (χ2n) is 4.71. The Morgan fingerprint density at radius 1 is 1.14 bits per heavy atom. The van der Waals surface area contributed by atoms with E-state index in [4.69, 9.17) is 9.47 Å². The minimum absolute atomic E-state index is 0.715. The number of hydrogen-bond acceptors (Lipinski definition) is 5. The van der Waals surface area contributed by atoms with Crippen LogP contribution >= 0.6 is 11.8 Å². The fourth-order valence-corrected chi connectivity index (χ4v) is 2.92. The van der Waals surface area contributed by atoms with Crippen LogP contribution in [0.4, 0.5) is 5.82 Å². The minimum atomic E-state index is 0.715. The number of thioether (sulfide) groups is 1. The van der Waals surface area contributed by atoms with Crippen LogP contribution in [0.1, 0.15) is 12.1 Å². The summed E-state index contributed by atoms with van der Waals surface area (Å²) >= 11 is 1.75. The highest BCUT2D eigenvalue weighted by atomic mass is 32.2. The third-order valence-corrected chi connectivity index (χ3v) is 4.20. The monoisotopic (exact) mass is 302 g/mol. The van der Waals surface area contributed by atoms with Gasteiger partial charge in [0.15, 0.2) is 11.5 Å². The van der Waals surface area contributed by atoms with Gasteiger partial charge in [-0.05, 0) is 30.3 Å². The molecule has 0 saturated heterocycles. The molecule has 21 heavy (non-hydrogen) atoms. The fraction of sp³-hybridized carbons (Fsp3) is 0.312. The summed E-state index contributed by atoms with van der Waals surface area (Å²) in [6, 6.07) is 12.1. The maximum absolute atomic E-state index is 5.71. The van der Waals surface area contributed by atoms with Crippen LogP contribution in [0.3, 0.4) is 0 Å². The third-order valence-electron chi connectivity index (χ3n) is 3.17. The third kappa shape index (κ3) is 3.61. The van der Waals surface area contributed by atoms with Gasteiger partial charge in [-0.25, -0.2) is 4.98 Å². The number of ether oxygens (including phenoxy) is 2. The molecule has 2 aromatic rings. The molecule has 0 radical (unpaired) electrons. The number of hydrogen-bond donors (Lipinski definition) is 1. The number of aromatic nitrogens is 1. The zero-order valence-corrected chi connectivity index (χ0v) is 12.8. The minimum Gasteiger partial charge on any atom is -0.490 e. The first kappa shape index (κ1) is 14.1. The Balaban J connectivity index is 1.69. The van der Waals surface area contributed by atoms with Gasteiger partial charge in [-0.1, -0.05) is 6.07 Å². The van der Waals surface area contributed by atoms with Crippen molar-refractivity contribution >= 4 is 17.6 Å². The number of anilines is 1. The van der Waals surface area contributed by atoms with Gasteiger partial charge in [-0.15, -0.1) is 11.8 Å². The van der Waals surface area contributed by atoms with Crippen LogP contribution in [0.15, 0.2) is 41.3 Å². The lowest BCUT2D eigenvalue weighted by Crippen LogP contribution is -1.97. The summed E-state index contributed by atoms with van der Waals surface area (Å²) in [6.45, 7) is 1.44. The Kier molecular flexibility index (Phi) is 4.50. The molecule has 0 spiro atoms. The Morgan fingerprint density at radius 2 is 2.00 bits per heavy atom. The van der Waals surface area contributed by atoms with Crippen molar-refractivity contribution in [2.45, 2.75) is 17.1 Å². The Morgan fingerprint density at radius 3 is 2.86 bits per heavy atom. The molecule has 1 aromatic carbocycles. The van der Waals surface area contributed by atoms with Gasteiger partial charge in [0.1, 0.15) is 5.82 Å². The summed E-state index contributed by atoms with van der Waals surface area (Å²) in [4.78, 5) is 5.68. The zero-order valence-electron chi connectivity index (χ0n) is 12.0. The number of pyridine rings is 1. The first-order valence-electron chi connectivity index (χ1n) is 7.01. The summed E-state index contributed by atoms with van der Waals surface area (Å²) in [7, 11) is 1.88. The smallest absolute Gasteiger partial charge is 0.162 e. The van der Waals surface area contributed by atoms with Gasteiger partial charge in [-0.3, -0.25) is 0 Å². The van der Waals surface area contributed by atoms with Crippen LogP contribution in [0.2, 0.25) is 0 Å². The second-order valence-corrected chi connectivity index (χ2v) is 5.76. The molecule has 0 saturated carbocycles. The predicted octanol–water partition coefficient (Wildman–Crippen LogP) is 3.58. The quantitative estimate of drug-likeness (QED) is 0.875. The van der Waals surface area contributed by atoms with Gasteiger partial charge in [0.25, 0.3) is 0 Å². The normalized spacial score (nSPS) is 13.6. The highest BCUT2D eigenvalue weighted by molar-refractivity contribution is 7.98. The van der Waals surface area contributed by atoms with Crippen LogP contribution in [-0.4, -0.2) is 25.2 Å². The first-order valence-corrected chi connectivity index (χ1v) is 8.00. The summed E-state index contributed by atoms with van der Waals surface area (Å²) in [5.41, 5.74) is 1.05. The molecule has 3 rings (SSSR count). The van der Waals surface area contributed by atoms with E-state index in [1.54, 1.807) is 11.8 Å². The molecule has 0 atom stereocenters. The van der Waals surface area contributed by atoms with E-state index >= 15 is 0 Å². The SMILES string of the molecule is CNc1cccc(CSc2ccc3c(c2)OCCCO3)n1. The van der Waals surface area contributed by atoms with Gasteiger partial charge < -0.3 is 14.8 Å². The molecule has 2 heterocycles.